The zero-order valence-electron chi connectivity index (χ0n) is 9.14. The molecule has 1 unspecified atom stereocenters. The third-order valence-corrected chi connectivity index (χ3v) is 3.05. The van der Waals surface area contributed by atoms with Gasteiger partial charge in [-0.2, -0.15) is 0 Å². The number of hydrogen-bond acceptors (Lipinski definition) is 3. The maximum absolute atomic E-state index is 12.7. The highest BCUT2D eigenvalue weighted by Gasteiger charge is 2.17. The molecule has 90 valence electrons. The maximum atomic E-state index is 12.7. The molecule has 0 amide bonds. The molecule has 0 saturated heterocycles. The van der Waals surface area contributed by atoms with E-state index in [1.54, 1.807) is 19.2 Å². The highest BCUT2D eigenvalue weighted by atomic mass is 79.9. The second kappa shape index (κ2) is 4.93. The number of aliphatic hydroxyl groups is 1. The van der Waals surface area contributed by atoms with Gasteiger partial charge in [0.05, 0.1) is 0 Å². The van der Waals surface area contributed by atoms with Gasteiger partial charge < -0.3 is 5.11 Å². The van der Waals surface area contributed by atoms with E-state index in [0.29, 0.717) is 16.7 Å². The lowest BCUT2D eigenvalue weighted by Crippen LogP contribution is -2.08. The lowest BCUT2D eigenvalue weighted by Gasteiger charge is -2.10. The summed E-state index contributed by atoms with van der Waals surface area (Å²) in [5, 5.41) is 17.7. The third-order valence-electron chi connectivity index (χ3n) is 2.48. The summed E-state index contributed by atoms with van der Waals surface area (Å²) in [4.78, 5) is 0. The van der Waals surface area contributed by atoms with E-state index in [1.165, 1.54) is 16.8 Å². The van der Waals surface area contributed by atoms with Crippen LogP contribution in [0.4, 0.5) is 4.39 Å². The fourth-order valence-electron chi connectivity index (χ4n) is 1.63. The Morgan fingerprint density at radius 1 is 1.41 bits per heavy atom. The molecule has 0 aliphatic heterocycles. The first kappa shape index (κ1) is 12.2. The fraction of sp³-hybridized carbons (Fsp3) is 0.273. The summed E-state index contributed by atoms with van der Waals surface area (Å²) in [5.74, 6) is -0.286. The third kappa shape index (κ3) is 2.70. The van der Waals surface area contributed by atoms with Crippen molar-refractivity contribution < 1.29 is 9.50 Å². The summed E-state index contributed by atoms with van der Waals surface area (Å²) in [7, 11) is 1.71. The Morgan fingerprint density at radius 2 is 2.06 bits per heavy atom. The first-order valence-electron chi connectivity index (χ1n) is 5.05. The Hall–Kier alpha value is -1.27. The van der Waals surface area contributed by atoms with Gasteiger partial charge in [-0.25, -0.2) is 9.07 Å². The van der Waals surface area contributed by atoms with Crippen LogP contribution in [0.2, 0.25) is 0 Å². The standard InChI is InChI=1S/C11H11BrFN3O/c1-16-10(11(12)14-15-16)9(17)6-7-2-4-8(13)5-3-7/h2-5,9,17H,6H2,1H3. The molecule has 0 spiro atoms. The smallest absolute Gasteiger partial charge is 0.154 e. The maximum Gasteiger partial charge on any atom is 0.154 e. The normalized spacial score (nSPS) is 12.7. The monoisotopic (exact) mass is 299 g/mol. The lowest BCUT2D eigenvalue weighted by molar-refractivity contribution is 0.167. The quantitative estimate of drug-likeness (QED) is 0.943. The highest BCUT2D eigenvalue weighted by Crippen LogP contribution is 2.23. The highest BCUT2D eigenvalue weighted by molar-refractivity contribution is 9.10. The van der Waals surface area contributed by atoms with E-state index in [1.807, 2.05) is 0 Å². The first-order valence-corrected chi connectivity index (χ1v) is 5.85. The van der Waals surface area contributed by atoms with Crippen LogP contribution in [-0.4, -0.2) is 20.1 Å². The molecule has 0 fully saturated rings. The first-order chi connectivity index (χ1) is 8.08. The number of benzene rings is 1. The molecule has 1 N–H and O–H groups in total. The van der Waals surface area contributed by atoms with Crippen molar-refractivity contribution in [2.45, 2.75) is 12.5 Å². The van der Waals surface area contributed by atoms with Crippen molar-refractivity contribution in [1.82, 2.24) is 15.0 Å². The molecule has 6 heteroatoms. The zero-order valence-corrected chi connectivity index (χ0v) is 10.7. The average Bonchev–Trinajstić information content (AvgIpc) is 2.62. The van der Waals surface area contributed by atoms with E-state index in [2.05, 4.69) is 26.2 Å². The SMILES string of the molecule is Cn1nnc(Br)c1C(O)Cc1ccc(F)cc1. The number of aliphatic hydroxyl groups excluding tert-OH is 1. The molecular weight excluding hydrogens is 289 g/mol. The predicted octanol–water partition coefficient (Wildman–Crippen LogP) is 1.99. The fourth-order valence-corrected chi connectivity index (χ4v) is 2.22. The van der Waals surface area contributed by atoms with Gasteiger partial charge in [-0.3, -0.25) is 0 Å². The molecule has 1 heterocycles. The molecular formula is C11H11BrFN3O. The van der Waals surface area contributed by atoms with Crippen molar-refractivity contribution in [3.63, 3.8) is 0 Å². The molecule has 0 aliphatic rings. The Labute approximate surface area is 106 Å². The molecule has 0 aliphatic carbocycles. The molecule has 1 aromatic heterocycles. The van der Waals surface area contributed by atoms with Gasteiger partial charge in [-0.05, 0) is 33.6 Å². The summed E-state index contributed by atoms with van der Waals surface area (Å²) in [6.45, 7) is 0. The second-order valence-corrected chi connectivity index (χ2v) is 4.49. The van der Waals surface area contributed by atoms with Crippen LogP contribution in [0.25, 0.3) is 0 Å². The van der Waals surface area contributed by atoms with Crippen LogP contribution in [0.5, 0.6) is 0 Å². The van der Waals surface area contributed by atoms with E-state index < -0.39 is 6.10 Å². The minimum atomic E-state index is -0.727. The molecule has 17 heavy (non-hydrogen) atoms. The van der Waals surface area contributed by atoms with E-state index >= 15 is 0 Å². The largest absolute Gasteiger partial charge is 0.386 e. The summed E-state index contributed by atoms with van der Waals surface area (Å²) in [6, 6.07) is 6.05. The minimum absolute atomic E-state index is 0.286. The summed E-state index contributed by atoms with van der Waals surface area (Å²) < 4.78 is 14.8. The van der Waals surface area contributed by atoms with E-state index in [-0.39, 0.29) is 5.82 Å². The summed E-state index contributed by atoms with van der Waals surface area (Å²) in [6.07, 6.45) is -0.338. The van der Waals surface area contributed by atoms with Gasteiger partial charge in [-0.1, -0.05) is 17.3 Å². The van der Waals surface area contributed by atoms with Gasteiger partial charge in [0, 0.05) is 13.5 Å². The van der Waals surface area contributed by atoms with Gasteiger partial charge in [0.2, 0.25) is 0 Å². The van der Waals surface area contributed by atoms with E-state index in [0.717, 1.165) is 5.56 Å². The number of aromatic nitrogens is 3. The van der Waals surface area contributed by atoms with Crippen LogP contribution in [0.15, 0.2) is 28.9 Å². The minimum Gasteiger partial charge on any atom is -0.386 e. The number of halogens is 2. The Balaban J connectivity index is 2.17. The predicted molar refractivity (Wildman–Crippen MR) is 63.8 cm³/mol. The molecule has 0 radical (unpaired) electrons. The van der Waals surface area contributed by atoms with Crippen LogP contribution in [0.1, 0.15) is 17.4 Å². The van der Waals surface area contributed by atoms with Gasteiger partial charge in [0.15, 0.2) is 4.60 Å². The Bertz CT molecular complexity index is 492. The van der Waals surface area contributed by atoms with Gasteiger partial charge in [0.25, 0.3) is 0 Å². The molecule has 2 rings (SSSR count). The molecule has 4 nitrogen and oxygen atoms in total. The molecule has 0 saturated carbocycles. The Morgan fingerprint density at radius 3 is 2.59 bits per heavy atom. The van der Waals surface area contributed by atoms with Crippen LogP contribution in [-0.2, 0) is 13.5 Å². The van der Waals surface area contributed by atoms with Gasteiger partial charge in [-0.15, -0.1) is 5.10 Å². The summed E-state index contributed by atoms with van der Waals surface area (Å²) in [5.41, 5.74) is 1.46. The number of rotatable bonds is 3. The van der Waals surface area contributed by atoms with Crippen molar-refractivity contribution in [3.8, 4) is 0 Å². The topological polar surface area (TPSA) is 50.9 Å². The second-order valence-electron chi connectivity index (χ2n) is 3.74. The Kier molecular flexibility index (Phi) is 3.54. The van der Waals surface area contributed by atoms with Gasteiger partial charge >= 0.3 is 0 Å². The lowest BCUT2D eigenvalue weighted by atomic mass is 10.1. The number of nitrogens with zero attached hydrogens (tertiary/aromatic N) is 3. The molecule has 1 aromatic carbocycles. The van der Waals surface area contributed by atoms with Crippen molar-refractivity contribution >= 4 is 15.9 Å². The van der Waals surface area contributed by atoms with Crippen molar-refractivity contribution in [3.05, 3.63) is 45.9 Å². The molecule has 0 bridgehead atoms. The van der Waals surface area contributed by atoms with Crippen LogP contribution >= 0.6 is 15.9 Å². The zero-order chi connectivity index (χ0) is 12.4. The van der Waals surface area contributed by atoms with Crippen LogP contribution in [0.3, 0.4) is 0 Å². The summed E-state index contributed by atoms with van der Waals surface area (Å²) >= 11 is 3.23. The number of hydrogen-bond donors (Lipinski definition) is 1. The number of aryl methyl sites for hydroxylation is 1. The average molecular weight is 300 g/mol. The van der Waals surface area contributed by atoms with Gasteiger partial charge in [0.1, 0.15) is 17.6 Å². The molecule has 2 aromatic rings. The van der Waals surface area contributed by atoms with Crippen molar-refractivity contribution in [2.24, 2.45) is 7.05 Å². The van der Waals surface area contributed by atoms with Crippen molar-refractivity contribution in [2.75, 3.05) is 0 Å². The van der Waals surface area contributed by atoms with E-state index in [9.17, 15) is 9.50 Å². The van der Waals surface area contributed by atoms with Crippen LogP contribution in [0, 0.1) is 5.82 Å². The van der Waals surface area contributed by atoms with E-state index in [4.69, 9.17) is 0 Å². The van der Waals surface area contributed by atoms with Crippen molar-refractivity contribution in [1.29, 1.82) is 0 Å². The molecule has 1 atom stereocenters. The van der Waals surface area contributed by atoms with Crippen LogP contribution < -0.4 is 0 Å².